The Morgan fingerprint density at radius 2 is 1.77 bits per heavy atom. The zero-order valence-corrected chi connectivity index (χ0v) is 14.7. The number of nitrogens with zero attached hydrogens (tertiary/aromatic N) is 1. The van der Waals surface area contributed by atoms with Gasteiger partial charge in [0.1, 0.15) is 5.75 Å². The van der Waals surface area contributed by atoms with E-state index in [0.717, 1.165) is 36.5 Å². The predicted octanol–water partition coefficient (Wildman–Crippen LogP) is 4.32. The molecule has 0 unspecified atom stereocenters. The van der Waals surface area contributed by atoms with Gasteiger partial charge in [-0.05, 0) is 50.3 Å². The van der Waals surface area contributed by atoms with Crippen LogP contribution in [-0.2, 0) is 5.41 Å². The van der Waals surface area contributed by atoms with Gasteiger partial charge in [-0.15, -0.1) is 0 Å². The smallest absolute Gasteiger partial charge is 0.336 e. The van der Waals surface area contributed by atoms with E-state index < -0.39 is 5.97 Å². The van der Waals surface area contributed by atoms with Gasteiger partial charge in [0.05, 0.1) is 17.9 Å². The lowest BCUT2D eigenvalue weighted by atomic mass is 9.78. The highest BCUT2D eigenvalue weighted by Gasteiger charge is 2.31. The van der Waals surface area contributed by atoms with Gasteiger partial charge in [-0.25, -0.2) is 4.79 Å². The molecule has 0 aromatic heterocycles. The third kappa shape index (κ3) is 3.54. The lowest BCUT2D eigenvalue weighted by Crippen LogP contribution is -2.30. The number of ether oxygens (including phenoxy) is 1. The van der Waals surface area contributed by atoms with Crippen LogP contribution < -0.4 is 9.64 Å². The molecule has 0 saturated heterocycles. The molecule has 1 aromatic carbocycles. The van der Waals surface area contributed by atoms with E-state index in [2.05, 4.69) is 39.5 Å². The number of hydrogen-bond donors (Lipinski definition) is 1. The summed E-state index contributed by atoms with van der Waals surface area (Å²) in [6.45, 7) is 14.6. The summed E-state index contributed by atoms with van der Waals surface area (Å²) < 4.78 is 5.80. The molecule has 0 aliphatic carbocycles. The zero-order valence-electron chi connectivity index (χ0n) is 14.7. The highest BCUT2D eigenvalue weighted by molar-refractivity contribution is 5.93. The Morgan fingerprint density at radius 3 is 2.18 bits per heavy atom. The average Bonchev–Trinajstić information content (AvgIpc) is 2.49. The first-order valence-electron chi connectivity index (χ1n) is 8.12. The second-order valence-corrected chi connectivity index (χ2v) is 5.98. The lowest BCUT2D eigenvalue weighted by Gasteiger charge is -2.34. The summed E-state index contributed by atoms with van der Waals surface area (Å²) in [6, 6.07) is 3.46. The van der Waals surface area contributed by atoms with E-state index in [9.17, 15) is 9.90 Å². The molecule has 124 valence electrons. The van der Waals surface area contributed by atoms with E-state index in [1.54, 1.807) is 12.1 Å². The normalized spacial score (nSPS) is 11.4. The minimum absolute atomic E-state index is 0.237. The van der Waals surface area contributed by atoms with Gasteiger partial charge < -0.3 is 14.7 Å². The van der Waals surface area contributed by atoms with Crippen LogP contribution in [0.15, 0.2) is 12.1 Å². The van der Waals surface area contributed by atoms with Crippen molar-refractivity contribution >= 4 is 11.7 Å². The molecule has 1 N–H and O–H groups in total. The Bertz CT molecular complexity index is 519. The maximum Gasteiger partial charge on any atom is 0.336 e. The molecule has 4 nitrogen and oxygen atoms in total. The van der Waals surface area contributed by atoms with E-state index in [1.165, 1.54) is 0 Å². The van der Waals surface area contributed by atoms with E-state index >= 15 is 0 Å². The number of rotatable bonds is 8. The average molecular weight is 307 g/mol. The maximum atomic E-state index is 11.7. The number of hydrogen-bond acceptors (Lipinski definition) is 3. The summed E-state index contributed by atoms with van der Waals surface area (Å²) in [5.74, 6) is -0.110. The quantitative estimate of drug-likeness (QED) is 0.777. The van der Waals surface area contributed by atoms with Crippen LogP contribution in [0.5, 0.6) is 5.75 Å². The van der Waals surface area contributed by atoms with Gasteiger partial charge in [-0.2, -0.15) is 0 Å². The second-order valence-electron chi connectivity index (χ2n) is 5.98. The summed E-state index contributed by atoms with van der Waals surface area (Å²) in [4.78, 5) is 13.9. The van der Waals surface area contributed by atoms with Gasteiger partial charge in [0.2, 0.25) is 0 Å². The van der Waals surface area contributed by atoms with Crippen molar-refractivity contribution in [2.24, 2.45) is 0 Å². The SMILES string of the molecule is CCOc1ccc(C(=O)O)c(C(C)(C)CC)c1N(CC)CC. The number of carboxylic acids is 1. The summed E-state index contributed by atoms with van der Waals surface area (Å²) in [5.41, 5.74) is 1.94. The van der Waals surface area contributed by atoms with Crippen molar-refractivity contribution in [2.45, 2.75) is 53.4 Å². The third-order valence-corrected chi connectivity index (χ3v) is 4.31. The van der Waals surface area contributed by atoms with Crippen molar-refractivity contribution in [2.75, 3.05) is 24.6 Å². The highest BCUT2D eigenvalue weighted by atomic mass is 16.5. The van der Waals surface area contributed by atoms with E-state index in [1.807, 2.05) is 6.92 Å². The Balaban J connectivity index is 3.76. The summed E-state index contributed by atoms with van der Waals surface area (Å²) in [7, 11) is 0. The van der Waals surface area contributed by atoms with Crippen LogP contribution in [0.2, 0.25) is 0 Å². The zero-order chi connectivity index (χ0) is 16.9. The molecule has 0 saturated carbocycles. The molecule has 0 heterocycles. The first-order chi connectivity index (χ1) is 10.3. The van der Waals surface area contributed by atoms with E-state index in [-0.39, 0.29) is 5.41 Å². The molecule has 0 fully saturated rings. The van der Waals surface area contributed by atoms with Crippen molar-refractivity contribution in [1.82, 2.24) is 0 Å². The summed E-state index contributed by atoms with van der Waals surface area (Å²) in [5, 5.41) is 9.64. The van der Waals surface area contributed by atoms with Gasteiger partial charge in [0.25, 0.3) is 0 Å². The van der Waals surface area contributed by atoms with Gasteiger partial charge in [0, 0.05) is 13.1 Å². The maximum absolute atomic E-state index is 11.7. The van der Waals surface area contributed by atoms with Crippen LogP contribution in [0.1, 0.15) is 63.9 Å². The number of carbonyl (C=O) groups is 1. The molecule has 4 heteroatoms. The van der Waals surface area contributed by atoms with Crippen LogP contribution in [0, 0.1) is 0 Å². The molecule has 0 bridgehead atoms. The fourth-order valence-electron chi connectivity index (χ4n) is 2.74. The van der Waals surface area contributed by atoms with Crippen LogP contribution in [-0.4, -0.2) is 30.8 Å². The van der Waals surface area contributed by atoms with E-state index in [4.69, 9.17) is 4.74 Å². The van der Waals surface area contributed by atoms with Crippen LogP contribution in [0.25, 0.3) is 0 Å². The Labute approximate surface area is 134 Å². The van der Waals surface area contributed by atoms with Crippen molar-refractivity contribution in [3.05, 3.63) is 23.3 Å². The largest absolute Gasteiger partial charge is 0.492 e. The molecule has 22 heavy (non-hydrogen) atoms. The second kappa shape index (κ2) is 7.52. The molecule has 0 amide bonds. The van der Waals surface area contributed by atoms with Crippen LogP contribution in [0.4, 0.5) is 5.69 Å². The van der Waals surface area contributed by atoms with Gasteiger partial charge in [-0.1, -0.05) is 20.8 Å². The third-order valence-electron chi connectivity index (χ3n) is 4.31. The van der Waals surface area contributed by atoms with Gasteiger partial charge in [-0.3, -0.25) is 0 Å². The minimum Gasteiger partial charge on any atom is -0.492 e. The molecular formula is C18H29NO3. The number of carboxylic acid groups (broad SMARTS) is 1. The minimum atomic E-state index is -0.882. The monoisotopic (exact) mass is 307 g/mol. The first-order valence-corrected chi connectivity index (χ1v) is 8.12. The van der Waals surface area contributed by atoms with Crippen LogP contribution >= 0.6 is 0 Å². The van der Waals surface area contributed by atoms with Gasteiger partial charge >= 0.3 is 5.97 Å². The summed E-state index contributed by atoms with van der Waals surface area (Å²) in [6.07, 6.45) is 0.858. The Kier molecular flexibility index (Phi) is 6.27. The van der Waals surface area contributed by atoms with Crippen molar-refractivity contribution in [3.63, 3.8) is 0 Å². The molecule has 0 atom stereocenters. The number of benzene rings is 1. The molecule has 0 aliphatic rings. The van der Waals surface area contributed by atoms with E-state index in [0.29, 0.717) is 12.2 Å². The molecular weight excluding hydrogens is 278 g/mol. The fraction of sp³-hybridized carbons (Fsp3) is 0.611. The Morgan fingerprint density at radius 1 is 1.18 bits per heavy atom. The van der Waals surface area contributed by atoms with Gasteiger partial charge in [0.15, 0.2) is 0 Å². The summed E-state index contributed by atoms with van der Waals surface area (Å²) >= 11 is 0. The van der Waals surface area contributed by atoms with Crippen molar-refractivity contribution < 1.29 is 14.6 Å². The van der Waals surface area contributed by atoms with Crippen molar-refractivity contribution in [3.8, 4) is 5.75 Å². The number of aromatic carboxylic acids is 1. The number of anilines is 1. The topological polar surface area (TPSA) is 49.8 Å². The highest BCUT2D eigenvalue weighted by Crippen LogP contribution is 2.43. The standard InChI is InChI=1S/C18H29NO3/c1-7-18(5,6)15-13(17(20)21)11-12-14(22-10-4)16(15)19(8-2)9-3/h11-12H,7-10H2,1-6H3,(H,20,21). The molecule has 1 rings (SSSR count). The molecule has 0 aliphatic heterocycles. The van der Waals surface area contributed by atoms with Crippen molar-refractivity contribution in [1.29, 1.82) is 0 Å². The van der Waals surface area contributed by atoms with Crippen LogP contribution in [0.3, 0.4) is 0 Å². The molecule has 0 spiro atoms. The Hall–Kier alpha value is -1.71. The lowest BCUT2D eigenvalue weighted by molar-refractivity contribution is 0.0694. The predicted molar refractivity (Wildman–Crippen MR) is 91.4 cm³/mol. The fourth-order valence-corrected chi connectivity index (χ4v) is 2.74. The molecule has 0 radical (unpaired) electrons. The molecule has 1 aromatic rings. The first kappa shape index (κ1) is 18.3.